The summed E-state index contributed by atoms with van der Waals surface area (Å²) in [5.41, 5.74) is 1.44. The lowest BCUT2D eigenvalue weighted by Crippen LogP contribution is -2.12. The highest BCUT2D eigenvalue weighted by molar-refractivity contribution is 5.85. The van der Waals surface area contributed by atoms with Gasteiger partial charge in [-0.05, 0) is 54.5 Å². The van der Waals surface area contributed by atoms with E-state index in [0.29, 0.717) is 11.3 Å². The number of nitriles is 1. The molecule has 1 saturated carbocycles. The van der Waals surface area contributed by atoms with Crippen molar-refractivity contribution >= 4 is 10.8 Å². The van der Waals surface area contributed by atoms with Gasteiger partial charge in [0, 0.05) is 5.39 Å². The number of nitrogens with zero attached hydrogens (tertiary/aromatic N) is 1. The van der Waals surface area contributed by atoms with Crippen LogP contribution < -0.4 is 0 Å². The van der Waals surface area contributed by atoms with Gasteiger partial charge in [0.25, 0.3) is 0 Å². The molecule has 1 aliphatic carbocycles. The first-order valence-corrected chi connectivity index (χ1v) is 7.85. The average Bonchev–Trinajstić information content (AvgIpc) is 2.55. The third kappa shape index (κ3) is 2.65. The fourth-order valence-electron chi connectivity index (χ4n) is 3.55. The van der Waals surface area contributed by atoms with Crippen molar-refractivity contribution < 1.29 is 4.39 Å². The Hall–Kier alpha value is -1.88. The minimum atomic E-state index is -0.392. The van der Waals surface area contributed by atoms with Crippen LogP contribution in [0.5, 0.6) is 0 Å². The molecule has 3 rings (SSSR count). The van der Waals surface area contributed by atoms with Gasteiger partial charge in [-0.25, -0.2) is 4.39 Å². The van der Waals surface area contributed by atoms with Gasteiger partial charge in [0.2, 0.25) is 0 Å². The lowest BCUT2D eigenvalue weighted by Gasteiger charge is -2.28. The van der Waals surface area contributed by atoms with Gasteiger partial charge >= 0.3 is 0 Å². The quantitative estimate of drug-likeness (QED) is 0.709. The number of halogens is 1. The maximum atomic E-state index is 14.1. The molecule has 1 aliphatic rings. The summed E-state index contributed by atoms with van der Waals surface area (Å²) in [5, 5.41) is 10.4. The van der Waals surface area contributed by atoms with Crippen molar-refractivity contribution in [2.75, 3.05) is 0 Å². The minimum Gasteiger partial charge on any atom is -0.205 e. The molecule has 0 atom stereocenters. The monoisotopic (exact) mass is 281 g/mol. The van der Waals surface area contributed by atoms with E-state index in [1.54, 1.807) is 6.07 Å². The Morgan fingerprint density at radius 2 is 1.90 bits per heavy atom. The summed E-state index contributed by atoms with van der Waals surface area (Å²) >= 11 is 0. The molecule has 0 aliphatic heterocycles. The Labute approximate surface area is 125 Å². The van der Waals surface area contributed by atoms with Crippen molar-refractivity contribution in [2.45, 2.75) is 44.9 Å². The Kier molecular flexibility index (Phi) is 3.92. The first-order valence-electron chi connectivity index (χ1n) is 7.85. The van der Waals surface area contributed by atoms with Crippen molar-refractivity contribution in [2.24, 2.45) is 5.92 Å². The average molecular weight is 281 g/mol. The van der Waals surface area contributed by atoms with Crippen LogP contribution in [0.15, 0.2) is 30.3 Å². The minimum absolute atomic E-state index is 0.124. The maximum Gasteiger partial charge on any atom is 0.148 e. The molecule has 0 saturated heterocycles. The van der Waals surface area contributed by atoms with Gasteiger partial charge in [0.15, 0.2) is 0 Å². The summed E-state index contributed by atoms with van der Waals surface area (Å²) in [5.74, 6) is 1.10. The van der Waals surface area contributed by atoms with Crippen LogP contribution in [0, 0.1) is 23.1 Å². The first kappa shape index (κ1) is 14.1. The Bertz CT molecular complexity index is 691. The highest BCUT2D eigenvalue weighted by Gasteiger charge is 2.21. The van der Waals surface area contributed by atoms with Crippen LogP contribution in [-0.2, 0) is 0 Å². The van der Waals surface area contributed by atoms with E-state index in [-0.39, 0.29) is 5.56 Å². The predicted molar refractivity (Wildman–Crippen MR) is 83.6 cm³/mol. The van der Waals surface area contributed by atoms with Crippen molar-refractivity contribution in [1.29, 1.82) is 5.26 Å². The van der Waals surface area contributed by atoms with E-state index in [9.17, 15) is 4.39 Å². The second-order valence-electron chi connectivity index (χ2n) is 6.15. The van der Waals surface area contributed by atoms with E-state index < -0.39 is 5.82 Å². The number of fused-ring (bicyclic) bond motifs is 1. The van der Waals surface area contributed by atoms with Gasteiger partial charge < -0.3 is 0 Å². The number of rotatable bonds is 2. The van der Waals surface area contributed by atoms with Crippen LogP contribution in [0.2, 0.25) is 0 Å². The molecule has 2 aromatic carbocycles. The smallest absolute Gasteiger partial charge is 0.148 e. The Balaban J connectivity index is 1.90. The fraction of sp³-hybridized carbons (Fsp3) is 0.421. The topological polar surface area (TPSA) is 23.8 Å². The van der Waals surface area contributed by atoms with Crippen LogP contribution >= 0.6 is 0 Å². The third-order valence-corrected chi connectivity index (χ3v) is 4.99. The van der Waals surface area contributed by atoms with Crippen molar-refractivity contribution in [3.05, 3.63) is 47.3 Å². The second kappa shape index (κ2) is 5.85. The van der Waals surface area contributed by atoms with Crippen LogP contribution in [0.4, 0.5) is 4.39 Å². The van der Waals surface area contributed by atoms with Crippen molar-refractivity contribution in [1.82, 2.24) is 0 Å². The lowest BCUT2D eigenvalue weighted by atomic mass is 9.77. The zero-order chi connectivity index (χ0) is 14.8. The van der Waals surface area contributed by atoms with E-state index in [0.717, 1.165) is 11.3 Å². The summed E-state index contributed by atoms with van der Waals surface area (Å²) in [6, 6.07) is 11.3. The normalized spacial score (nSPS) is 22.1. The van der Waals surface area contributed by atoms with E-state index in [1.807, 2.05) is 24.3 Å². The van der Waals surface area contributed by atoms with Gasteiger partial charge in [-0.1, -0.05) is 37.6 Å². The summed E-state index contributed by atoms with van der Waals surface area (Å²) in [6.45, 7) is 2.27. The van der Waals surface area contributed by atoms with Crippen LogP contribution in [0.1, 0.15) is 56.1 Å². The molecular weight excluding hydrogens is 261 g/mol. The second-order valence-corrected chi connectivity index (χ2v) is 6.15. The molecule has 0 aromatic heterocycles. The maximum absolute atomic E-state index is 14.1. The van der Waals surface area contributed by atoms with Crippen LogP contribution in [0.3, 0.4) is 0 Å². The molecule has 2 heteroatoms. The van der Waals surface area contributed by atoms with Gasteiger partial charge in [0.05, 0.1) is 5.56 Å². The van der Waals surface area contributed by atoms with E-state index in [2.05, 4.69) is 13.0 Å². The number of hydrogen-bond acceptors (Lipinski definition) is 1. The van der Waals surface area contributed by atoms with Gasteiger partial charge in [-0.15, -0.1) is 0 Å². The zero-order valence-electron chi connectivity index (χ0n) is 12.4. The number of hydrogen-bond donors (Lipinski definition) is 0. The Morgan fingerprint density at radius 1 is 1.14 bits per heavy atom. The lowest BCUT2D eigenvalue weighted by molar-refractivity contribution is 0.319. The van der Waals surface area contributed by atoms with Gasteiger partial charge in [-0.2, -0.15) is 5.26 Å². The summed E-state index contributed by atoms with van der Waals surface area (Å²) in [7, 11) is 0. The molecule has 21 heavy (non-hydrogen) atoms. The molecule has 0 amide bonds. The molecular formula is C19H20FN. The molecule has 108 valence electrons. The Morgan fingerprint density at radius 3 is 2.57 bits per heavy atom. The third-order valence-electron chi connectivity index (χ3n) is 4.99. The zero-order valence-corrected chi connectivity index (χ0v) is 12.4. The SMILES string of the molecule is CCC1CCC(c2ccc3c(F)c(C#N)ccc3c2)CC1. The highest BCUT2D eigenvalue weighted by atomic mass is 19.1. The van der Waals surface area contributed by atoms with Crippen molar-refractivity contribution in [3.63, 3.8) is 0 Å². The van der Waals surface area contributed by atoms with Gasteiger partial charge in [0.1, 0.15) is 11.9 Å². The molecule has 2 aromatic rings. The molecule has 0 spiro atoms. The molecule has 1 nitrogen and oxygen atoms in total. The predicted octanol–water partition coefficient (Wildman–Crippen LogP) is 5.53. The fourth-order valence-corrected chi connectivity index (χ4v) is 3.55. The molecule has 0 N–H and O–H groups in total. The summed E-state index contributed by atoms with van der Waals surface area (Å²) < 4.78 is 14.1. The molecule has 1 fully saturated rings. The van der Waals surface area contributed by atoms with Crippen LogP contribution in [0.25, 0.3) is 10.8 Å². The first-order chi connectivity index (χ1) is 10.2. The molecule has 0 bridgehead atoms. The molecule has 0 unspecified atom stereocenters. The van der Waals surface area contributed by atoms with Crippen LogP contribution in [-0.4, -0.2) is 0 Å². The number of benzene rings is 2. The standard InChI is InChI=1S/C19H20FN/c1-2-13-3-5-14(6-4-13)15-9-10-18-16(11-15)7-8-17(12-21)19(18)20/h7-11,13-14H,2-6H2,1H3. The largest absolute Gasteiger partial charge is 0.205 e. The highest BCUT2D eigenvalue weighted by Crippen LogP contribution is 2.38. The van der Waals surface area contributed by atoms with Crippen molar-refractivity contribution in [3.8, 4) is 6.07 Å². The molecule has 0 heterocycles. The molecule has 0 radical (unpaired) electrons. The summed E-state index contributed by atoms with van der Waals surface area (Å²) in [4.78, 5) is 0. The summed E-state index contributed by atoms with van der Waals surface area (Å²) in [6.07, 6.45) is 6.38. The van der Waals surface area contributed by atoms with Gasteiger partial charge in [-0.3, -0.25) is 0 Å². The van der Waals surface area contributed by atoms with E-state index >= 15 is 0 Å². The van der Waals surface area contributed by atoms with E-state index in [4.69, 9.17) is 5.26 Å². The van der Waals surface area contributed by atoms with E-state index in [1.165, 1.54) is 37.7 Å².